The van der Waals surface area contributed by atoms with E-state index in [2.05, 4.69) is 10.0 Å². The van der Waals surface area contributed by atoms with E-state index in [0.717, 1.165) is 17.5 Å². The Morgan fingerprint density at radius 1 is 1.21 bits per heavy atom. The number of hydrogen-bond donors (Lipinski definition) is 2. The van der Waals surface area contributed by atoms with Gasteiger partial charge in [0.2, 0.25) is 15.5 Å². The van der Waals surface area contributed by atoms with Crippen LogP contribution in [0.2, 0.25) is 0 Å². The summed E-state index contributed by atoms with van der Waals surface area (Å²) in [5, 5.41) is 3.22. The highest BCUT2D eigenvalue weighted by molar-refractivity contribution is 7.89. The zero-order chi connectivity index (χ0) is 20.9. The van der Waals surface area contributed by atoms with Gasteiger partial charge in [-0.05, 0) is 56.6 Å². The number of hydrogen-bond acceptors (Lipinski definition) is 4. The molecule has 0 aliphatic carbocycles. The van der Waals surface area contributed by atoms with Gasteiger partial charge < -0.3 is 9.88 Å². The van der Waals surface area contributed by atoms with Crippen LogP contribution in [-0.2, 0) is 16.4 Å². The van der Waals surface area contributed by atoms with Gasteiger partial charge >= 0.3 is 0 Å². The van der Waals surface area contributed by atoms with Crippen molar-refractivity contribution in [2.24, 2.45) is 0 Å². The largest absolute Gasteiger partial charge is 0.343 e. The van der Waals surface area contributed by atoms with Crippen molar-refractivity contribution in [1.29, 1.82) is 0 Å². The standard InChI is InChI=1S/C21H21N3O4S/c1-12-7-8-15(29(27,28)22-3)10-18(12)23-21(26)17-11-24-13(2)9-14-5-4-6-16(19(14)24)20(17)25/h4-8,10-11,13,22H,9H2,1-3H3,(H,23,26)/t13-/m1/s1. The third-order valence-electron chi connectivity index (χ3n) is 5.41. The second-order valence-electron chi connectivity index (χ2n) is 7.28. The number of nitrogens with zero attached hydrogens (tertiary/aromatic N) is 1. The second-order valence-corrected chi connectivity index (χ2v) is 9.17. The number of aromatic nitrogens is 1. The Labute approximate surface area is 168 Å². The molecule has 0 unspecified atom stereocenters. The van der Waals surface area contributed by atoms with Crippen molar-refractivity contribution < 1.29 is 13.2 Å². The maximum absolute atomic E-state index is 13.0. The van der Waals surface area contributed by atoms with Crippen molar-refractivity contribution in [1.82, 2.24) is 9.29 Å². The van der Waals surface area contributed by atoms with Crippen molar-refractivity contribution in [2.45, 2.75) is 31.2 Å². The van der Waals surface area contributed by atoms with Crippen molar-refractivity contribution in [3.05, 3.63) is 69.5 Å². The fourth-order valence-corrected chi connectivity index (χ4v) is 4.54. The van der Waals surface area contributed by atoms with Crippen LogP contribution in [0.5, 0.6) is 0 Å². The molecule has 1 atom stereocenters. The predicted octanol–water partition coefficient (Wildman–Crippen LogP) is 2.59. The van der Waals surface area contributed by atoms with Crippen LogP contribution in [0.4, 0.5) is 5.69 Å². The summed E-state index contributed by atoms with van der Waals surface area (Å²) in [6, 6.07) is 10.2. The number of sulfonamides is 1. The van der Waals surface area contributed by atoms with Crippen LogP contribution < -0.4 is 15.5 Å². The van der Waals surface area contributed by atoms with Crippen molar-refractivity contribution >= 4 is 32.5 Å². The highest BCUT2D eigenvalue weighted by atomic mass is 32.2. The Bertz CT molecular complexity index is 1330. The van der Waals surface area contributed by atoms with Crippen LogP contribution in [0.1, 0.15) is 34.5 Å². The SMILES string of the molecule is CNS(=O)(=O)c1ccc(C)c(NC(=O)c2cn3c4c(cccc4c2=O)C[C@H]3C)c1. The molecule has 3 aromatic rings. The minimum absolute atomic E-state index is 0.0321. The summed E-state index contributed by atoms with van der Waals surface area (Å²) in [7, 11) is -2.33. The summed E-state index contributed by atoms with van der Waals surface area (Å²) in [5.41, 5.74) is 2.70. The molecule has 0 radical (unpaired) electrons. The molecule has 2 heterocycles. The van der Waals surface area contributed by atoms with Crippen LogP contribution in [0.15, 0.2) is 52.3 Å². The number of aryl methyl sites for hydroxylation is 1. The molecule has 1 aliphatic heterocycles. The molecule has 8 heteroatoms. The number of para-hydroxylation sites is 1. The van der Waals surface area contributed by atoms with E-state index in [9.17, 15) is 18.0 Å². The van der Waals surface area contributed by atoms with Gasteiger partial charge in [-0.3, -0.25) is 9.59 Å². The number of amides is 1. The Kier molecular flexibility index (Phi) is 4.55. The van der Waals surface area contributed by atoms with Crippen LogP contribution in [0, 0.1) is 6.92 Å². The van der Waals surface area contributed by atoms with Gasteiger partial charge in [0.1, 0.15) is 5.56 Å². The minimum Gasteiger partial charge on any atom is -0.343 e. The monoisotopic (exact) mass is 411 g/mol. The summed E-state index contributed by atoms with van der Waals surface area (Å²) in [5.74, 6) is -0.563. The van der Waals surface area contributed by atoms with Crippen molar-refractivity contribution in [3.8, 4) is 0 Å². The molecule has 150 valence electrons. The maximum atomic E-state index is 13.0. The molecule has 0 fully saturated rings. The summed E-state index contributed by atoms with van der Waals surface area (Å²) in [6.07, 6.45) is 2.41. The van der Waals surface area contributed by atoms with E-state index in [1.54, 1.807) is 25.3 Å². The number of anilines is 1. The van der Waals surface area contributed by atoms with Crippen LogP contribution in [0.25, 0.3) is 10.9 Å². The van der Waals surface area contributed by atoms with Gasteiger partial charge in [0.05, 0.1) is 10.4 Å². The average molecular weight is 411 g/mol. The number of nitrogens with one attached hydrogen (secondary N) is 2. The molecule has 1 aromatic heterocycles. The molecule has 4 rings (SSSR count). The maximum Gasteiger partial charge on any atom is 0.261 e. The molecule has 7 nitrogen and oxygen atoms in total. The Balaban J connectivity index is 1.78. The number of benzene rings is 2. The smallest absolute Gasteiger partial charge is 0.261 e. The normalized spacial score (nSPS) is 15.6. The average Bonchev–Trinajstić information content (AvgIpc) is 3.02. The molecule has 2 N–H and O–H groups in total. The number of rotatable bonds is 4. The first-order valence-corrected chi connectivity index (χ1v) is 10.7. The van der Waals surface area contributed by atoms with Gasteiger partial charge in [0.25, 0.3) is 5.91 Å². The zero-order valence-corrected chi connectivity index (χ0v) is 17.1. The van der Waals surface area contributed by atoms with E-state index in [1.807, 2.05) is 23.6 Å². The lowest BCUT2D eigenvalue weighted by Crippen LogP contribution is -2.24. The third-order valence-corrected chi connectivity index (χ3v) is 6.82. The van der Waals surface area contributed by atoms with Gasteiger partial charge in [-0.25, -0.2) is 13.1 Å². The molecule has 0 spiro atoms. The van der Waals surface area contributed by atoms with E-state index in [-0.39, 0.29) is 21.9 Å². The predicted molar refractivity (Wildman–Crippen MR) is 112 cm³/mol. The van der Waals surface area contributed by atoms with Crippen LogP contribution in [-0.4, -0.2) is 25.9 Å². The van der Waals surface area contributed by atoms with Crippen molar-refractivity contribution in [3.63, 3.8) is 0 Å². The highest BCUT2D eigenvalue weighted by Crippen LogP contribution is 2.31. The van der Waals surface area contributed by atoms with E-state index in [4.69, 9.17) is 0 Å². The lowest BCUT2D eigenvalue weighted by molar-refractivity contribution is 0.102. The highest BCUT2D eigenvalue weighted by Gasteiger charge is 2.24. The van der Waals surface area contributed by atoms with E-state index >= 15 is 0 Å². The number of carbonyl (C=O) groups is 1. The topological polar surface area (TPSA) is 97.3 Å². The molecule has 1 aliphatic rings. The first kappa shape index (κ1) is 19.4. The lowest BCUT2D eigenvalue weighted by atomic mass is 10.1. The summed E-state index contributed by atoms with van der Waals surface area (Å²) in [6.45, 7) is 3.80. The molecule has 0 bridgehead atoms. The molecular formula is C21H21N3O4S. The Hall–Kier alpha value is -2.97. The van der Waals surface area contributed by atoms with Gasteiger partial charge in [0.15, 0.2) is 0 Å². The van der Waals surface area contributed by atoms with E-state index in [1.165, 1.54) is 19.2 Å². The summed E-state index contributed by atoms with van der Waals surface area (Å²) >= 11 is 0. The molecule has 29 heavy (non-hydrogen) atoms. The third kappa shape index (κ3) is 3.14. The fourth-order valence-electron chi connectivity index (χ4n) is 3.79. The molecule has 1 amide bonds. The minimum atomic E-state index is -3.65. The first-order valence-electron chi connectivity index (χ1n) is 9.25. The summed E-state index contributed by atoms with van der Waals surface area (Å²) in [4.78, 5) is 26.0. The Morgan fingerprint density at radius 3 is 2.69 bits per heavy atom. The number of carbonyl (C=O) groups excluding carboxylic acids is 1. The van der Waals surface area contributed by atoms with Gasteiger partial charge in [-0.15, -0.1) is 0 Å². The zero-order valence-electron chi connectivity index (χ0n) is 16.3. The van der Waals surface area contributed by atoms with Gasteiger partial charge in [-0.1, -0.05) is 18.2 Å². The molecule has 0 saturated heterocycles. The summed E-state index contributed by atoms with van der Waals surface area (Å²) < 4.78 is 28.4. The van der Waals surface area contributed by atoms with E-state index in [0.29, 0.717) is 16.6 Å². The second kappa shape index (κ2) is 6.82. The quantitative estimate of drug-likeness (QED) is 0.690. The Morgan fingerprint density at radius 2 is 1.97 bits per heavy atom. The molecular weight excluding hydrogens is 390 g/mol. The van der Waals surface area contributed by atoms with Crippen LogP contribution in [0.3, 0.4) is 0 Å². The number of pyridine rings is 1. The fraction of sp³-hybridized carbons (Fsp3) is 0.238. The van der Waals surface area contributed by atoms with Crippen molar-refractivity contribution in [2.75, 3.05) is 12.4 Å². The van der Waals surface area contributed by atoms with Gasteiger partial charge in [-0.2, -0.15) is 0 Å². The van der Waals surface area contributed by atoms with Gasteiger partial charge in [0, 0.05) is 23.3 Å². The molecule has 0 saturated carbocycles. The van der Waals surface area contributed by atoms with Crippen LogP contribution >= 0.6 is 0 Å². The van der Waals surface area contributed by atoms with E-state index < -0.39 is 15.9 Å². The lowest BCUT2D eigenvalue weighted by Gasteiger charge is -2.14. The molecule has 2 aromatic carbocycles. The first-order chi connectivity index (χ1) is 13.7.